The Morgan fingerprint density at radius 3 is 2.41 bits per heavy atom. The van der Waals surface area contributed by atoms with Gasteiger partial charge in [0.05, 0.1) is 17.7 Å². The maximum Gasteiger partial charge on any atom is 0.264 e. The summed E-state index contributed by atoms with van der Waals surface area (Å²) in [6.07, 6.45) is 3.04. The molecule has 0 aromatic heterocycles. The van der Waals surface area contributed by atoms with E-state index >= 15 is 0 Å². The van der Waals surface area contributed by atoms with E-state index in [4.69, 9.17) is 9.94 Å². The van der Waals surface area contributed by atoms with Crippen LogP contribution in [0.25, 0.3) is 0 Å². The minimum Gasteiger partial charge on any atom is -0.497 e. The van der Waals surface area contributed by atoms with Crippen LogP contribution in [0.5, 0.6) is 5.75 Å². The first-order chi connectivity index (χ1) is 13.9. The number of methoxy groups -OCH3 is 1. The number of halogens is 1. The lowest BCUT2D eigenvalue weighted by Crippen LogP contribution is -2.32. The van der Waals surface area contributed by atoms with Crippen molar-refractivity contribution in [3.8, 4) is 5.75 Å². The zero-order chi connectivity index (χ0) is 21.3. The molecule has 0 atom stereocenters. The average molecular weight is 485 g/mol. The van der Waals surface area contributed by atoms with E-state index in [1.165, 1.54) is 4.31 Å². The van der Waals surface area contributed by atoms with Gasteiger partial charge < -0.3 is 4.74 Å². The van der Waals surface area contributed by atoms with Crippen molar-refractivity contribution in [1.82, 2.24) is 5.48 Å². The molecule has 0 aliphatic rings. The van der Waals surface area contributed by atoms with Gasteiger partial charge in [0.15, 0.2) is 0 Å². The second-order valence-electron chi connectivity index (χ2n) is 6.43. The fourth-order valence-corrected chi connectivity index (χ4v) is 4.94. The molecule has 2 N–H and O–H groups in total. The minimum atomic E-state index is -3.74. The van der Waals surface area contributed by atoms with Crippen LogP contribution < -0.4 is 14.5 Å². The summed E-state index contributed by atoms with van der Waals surface area (Å²) in [7, 11) is -2.18. The number of anilines is 1. The van der Waals surface area contributed by atoms with Crippen molar-refractivity contribution in [2.45, 2.75) is 37.0 Å². The number of carbonyl (C=O) groups is 1. The number of nitrogens with zero attached hydrogens (tertiary/aromatic N) is 1. The Hall–Kier alpha value is -2.10. The van der Waals surface area contributed by atoms with Crippen LogP contribution >= 0.6 is 15.9 Å². The number of hydroxylamine groups is 1. The van der Waals surface area contributed by atoms with E-state index in [2.05, 4.69) is 15.9 Å². The van der Waals surface area contributed by atoms with Crippen molar-refractivity contribution in [1.29, 1.82) is 0 Å². The molecule has 29 heavy (non-hydrogen) atoms. The Labute approximate surface area is 179 Å². The Morgan fingerprint density at radius 1 is 1.10 bits per heavy atom. The number of carbonyl (C=O) groups excluding carboxylic acids is 1. The highest BCUT2D eigenvalue weighted by atomic mass is 79.9. The van der Waals surface area contributed by atoms with E-state index in [0.717, 1.165) is 12.8 Å². The van der Waals surface area contributed by atoms with Crippen LogP contribution in [0.15, 0.2) is 57.9 Å². The van der Waals surface area contributed by atoms with Gasteiger partial charge in [-0.05, 0) is 55.3 Å². The van der Waals surface area contributed by atoms with Gasteiger partial charge in [-0.15, -0.1) is 0 Å². The molecule has 0 radical (unpaired) electrons. The highest BCUT2D eigenvalue weighted by molar-refractivity contribution is 9.10. The van der Waals surface area contributed by atoms with Gasteiger partial charge in [-0.25, -0.2) is 13.9 Å². The topological polar surface area (TPSA) is 95.9 Å². The Kier molecular flexibility index (Phi) is 8.94. The molecule has 9 heteroatoms. The smallest absolute Gasteiger partial charge is 0.264 e. The maximum absolute atomic E-state index is 13.3. The average Bonchev–Trinajstić information content (AvgIpc) is 2.73. The highest BCUT2D eigenvalue weighted by Crippen LogP contribution is 2.27. The van der Waals surface area contributed by atoms with Crippen LogP contribution in [0.1, 0.15) is 32.1 Å². The van der Waals surface area contributed by atoms with Gasteiger partial charge in [-0.2, -0.15) is 0 Å². The molecule has 0 saturated heterocycles. The third-order valence-corrected chi connectivity index (χ3v) is 6.70. The maximum atomic E-state index is 13.3. The van der Waals surface area contributed by atoms with E-state index < -0.39 is 15.9 Å². The number of unbranched alkanes of at least 4 members (excludes halogenated alkanes) is 3. The summed E-state index contributed by atoms with van der Waals surface area (Å²) in [6.45, 7) is 0.313. The van der Waals surface area contributed by atoms with Gasteiger partial charge in [-0.3, -0.25) is 14.3 Å². The number of ether oxygens (including phenoxy) is 1. The van der Waals surface area contributed by atoms with E-state index in [-0.39, 0.29) is 11.3 Å². The molecule has 0 unspecified atom stereocenters. The van der Waals surface area contributed by atoms with Crippen LogP contribution in [-0.2, 0) is 14.8 Å². The standard InChI is InChI=1S/C20H25BrN2O5S/c1-28-18-12-10-17(11-13-18)23(14-5-3-2-4-9-20(24)22-25)29(26,27)19-8-6-7-16(21)15-19/h6-8,10-13,15,25H,2-5,9,14H2,1H3,(H,22,24). The molecular weight excluding hydrogens is 460 g/mol. The number of sulfonamides is 1. The molecule has 0 spiro atoms. The Bertz CT molecular complexity index is 903. The lowest BCUT2D eigenvalue weighted by atomic mass is 10.1. The molecule has 1 amide bonds. The van der Waals surface area contributed by atoms with Gasteiger partial charge in [0.2, 0.25) is 5.91 Å². The zero-order valence-electron chi connectivity index (χ0n) is 16.2. The molecule has 2 aromatic rings. The first-order valence-corrected chi connectivity index (χ1v) is 11.5. The van der Waals surface area contributed by atoms with Gasteiger partial charge in [-0.1, -0.05) is 34.8 Å². The van der Waals surface area contributed by atoms with E-state index in [0.29, 0.717) is 35.3 Å². The lowest BCUT2D eigenvalue weighted by molar-refractivity contribution is -0.129. The summed E-state index contributed by atoms with van der Waals surface area (Å²) >= 11 is 3.33. The molecule has 0 heterocycles. The molecule has 158 valence electrons. The molecule has 0 bridgehead atoms. The van der Waals surface area contributed by atoms with Crippen LogP contribution in [0.3, 0.4) is 0 Å². The predicted octanol–water partition coefficient (Wildman–Crippen LogP) is 4.11. The van der Waals surface area contributed by atoms with E-state index in [9.17, 15) is 13.2 Å². The van der Waals surface area contributed by atoms with Crippen LogP contribution in [0.4, 0.5) is 5.69 Å². The summed E-state index contributed by atoms with van der Waals surface area (Å²) < 4.78 is 33.8. The number of rotatable bonds is 11. The zero-order valence-corrected chi connectivity index (χ0v) is 18.6. The van der Waals surface area contributed by atoms with Gasteiger partial charge in [0.1, 0.15) is 5.75 Å². The number of amides is 1. The van der Waals surface area contributed by atoms with Crippen molar-refractivity contribution in [3.05, 3.63) is 53.0 Å². The molecular formula is C20H25BrN2O5S. The molecule has 2 rings (SSSR count). The fraction of sp³-hybridized carbons (Fsp3) is 0.350. The summed E-state index contributed by atoms with van der Waals surface area (Å²) in [5.74, 6) is 0.234. The lowest BCUT2D eigenvalue weighted by Gasteiger charge is -2.25. The number of benzene rings is 2. The van der Waals surface area contributed by atoms with Crippen molar-refractivity contribution >= 4 is 37.5 Å². The number of nitrogens with one attached hydrogen (secondary N) is 1. The molecule has 0 aliphatic heterocycles. The molecule has 0 aliphatic carbocycles. The third-order valence-electron chi connectivity index (χ3n) is 4.38. The van der Waals surface area contributed by atoms with E-state index in [1.54, 1.807) is 61.1 Å². The fourth-order valence-electron chi connectivity index (χ4n) is 2.84. The first kappa shape index (κ1) is 23.2. The van der Waals surface area contributed by atoms with E-state index in [1.807, 2.05) is 0 Å². The van der Waals surface area contributed by atoms with Gasteiger partial charge >= 0.3 is 0 Å². The van der Waals surface area contributed by atoms with Crippen molar-refractivity contribution < 1.29 is 23.2 Å². The summed E-state index contributed by atoms with van der Waals surface area (Å²) in [5.41, 5.74) is 2.17. The van der Waals surface area contributed by atoms with Crippen molar-refractivity contribution in [2.75, 3.05) is 18.0 Å². The highest BCUT2D eigenvalue weighted by Gasteiger charge is 2.25. The van der Waals surface area contributed by atoms with Crippen molar-refractivity contribution in [3.63, 3.8) is 0 Å². The largest absolute Gasteiger partial charge is 0.497 e. The Morgan fingerprint density at radius 2 is 1.79 bits per heavy atom. The van der Waals surface area contributed by atoms with Crippen LogP contribution in [-0.4, -0.2) is 33.2 Å². The SMILES string of the molecule is COc1ccc(N(CCCCCCC(=O)NO)S(=O)(=O)c2cccc(Br)c2)cc1. The van der Waals surface area contributed by atoms with Crippen LogP contribution in [0, 0.1) is 0 Å². The second kappa shape index (κ2) is 11.2. The minimum absolute atomic E-state index is 0.210. The Balaban J connectivity index is 2.14. The normalized spacial score (nSPS) is 11.1. The second-order valence-corrected chi connectivity index (χ2v) is 9.21. The van der Waals surface area contributed by atoms with Gasteiger partial charge in [0, 0.05) is 17.4 Å². The van der Waals surface area contributed by atoms with Crippen molar-refractivity contribution in [2.24, 2.45) is 0 Å². The van der Waals surface area contributed by atoms with Gasteiger partial charge in [0.25, 0.3) is 10.0 Å². The third kappa shape index (κ3) is 6.73. The number of hydrogen-bond donors (Lipinski definition) is 2. The predicted molar refractivity (Wildman–Crippen MR) is 115 cm³/mol. The molecule has 7 nitrogen and oxygen atoms in total. The summed E-state index contributed by atoms with van der Waals surface area (Å²) in [4.78, 5) is 11.3. The summed E-state index contributed by atoms with van der Waals surface area (Å²) in [5, 5.41) is 8.51. The summed E-state index contributed by atoms with van der Waals surface area (Å²) in [6, 6.07) is 13.5. The van der Waals surface area contributed by atoms with Crippen LogP contribution in [0.2, 0.25) is 0 Å². The molecule has 2 aromatic carbocycles. The molecule has 0 saturated carbocycles. The number of hydrogen-bond acceptors (Lipinski definition) is 5. The molecule has 0 fully saturated rings. The first-order valence-electron chi connectivity index (χ1n) is 9.24. The monoisotopic (exact) mass is 484 g/mol. The quantitative estimate of drug-likeness (QED) is 0.284.